The number of nitrogens with two attached hydrogens (primary N) is 1. The molecule has 0 saturated heterocycles. The molecule has 0 fully saturated rings. The Bertz CT molecular complexity index is 576. The number of benzene rings is 1. The van der Waals surface area contributed by atoms with Gasteiger partial charge in [-0.25, -0.2) is 0 Å². The fourth-order valence-corrected chi connectivity index (χ4v) is 1.84. The van der Waals surface area contributed by atoms with Gasteiger partial charge in [0, 0.05) is 17.5 Å². The van der Waals surface area contributed by atoms with Crippen molar-refractivity contribution >= 4 is 23.2 Å². The summed E-state index contributed by atoms with van der Waals surface area (Å²) >= 11 is 11.8. The molecule has 6 heteroatoms. The van der Waals surface area contributed by atoms with Crippen LogP contribution in [0.25, 0.3) is 11.4 Å². The molecule has 2 aromatic rings. The van der Waals surface area contributed by atoms with E-state index in [0.717, 1.165) is 12.0 Å². The van der Waals surface area contributed by atoms with E-state index < -0.39 is 0 Å². The quantitative estimate of drug-likeness (QED) is 0.934. The van der Waals surface area contributed by atoms with Gasteiger partial charge in [0.25, 0.3) is 0 Å². The SMILES string of the molecule is CC(C)(N)CCc1nc(-c2ccc(Cl)c(Cl)c2)no1. The first-order chi connectivity index (χ1) is 8.85. The minimum absolute atomic E-state index is 0.252. The Kier molecular flexibility index (Phi) is 4.13. The number of rotatable bonds is 4. The van der Waals surface area contributed by atoms with Crippen molar-refractivity contribution in [2.45, 2.75) is 32.2 Å². The van der Waals surface area contributed by atoms with Gasteiger partial charge < -0.3 is 10.3 Å². The van der Waals surface area contributed by atoms with Gasteiger partial charge in [-0.15, -0.1) is 0 Å². The average molecular weight is 300 g/mol. The van der Waals surface area contributed by atoms with E-state index >= 15 is 0 Å². The molecule has 102 valence electrons. The molecule has 0 aliphatic rings. The van der Waals surface area contributed by atoms with Gasteiger partial charge in [0.15, 0.2) is 0 Å². The summed E-state index contributed by atoms with van der Waals surface area (Å²) < 4.78 is 5.19. The first-order valence-corrected chi connectivity index (χ1v) is 6.68. The van der Waals surface area contributed by atoms with E-state index in [1.165, 1.54) is 0 Å². The topological polar surface area (TPSA) is 64.9 Å². The molecule has 0 spiro atoms. The number of hydrogen-bond donors (Lipinski definition) is 1. The van der Waals surface area contributed by atoms with Crippen LogP contribution in [0.1, 0.15) is 26.2 Å². The second-order valence-electron chi connectivity index (χ2n) is 5.13. The van der Waals surface area contributed by atoms with Crippen LogP contribution in [0.3, 0.4) is 0 Å². The molecule has 0 atom stereocenters. The molecule has 0 amide bonds. The molecule has 0 unspecified atom stereocenters. The smallest absolute Gasteiger partial charge is 0.227 e. The summed E-state index contributed by atoms with van der Waals surface area (Å²) in [7, 11) is 0. The van der Waals surface area contributed by atoms with Crippen LogP contribution >= 0.6 is 23.2 Å². The molecule has 0 saturated carbocycles. The van der Waals surface area contributed by atoms with Crippen LogP contribution < -0.4 is 5.73 Å². The lowest BCUT2D eigenvalue weighted by Gasteiger charge is -2.16. The summed E-state index contributed by atoms with van der Waals surface area (Å²) in [6.07, 6.45) is 1.42. The molecule has 19 heavy (non-hydrogen) atoms. The molecule has 0 aliphatic carbocycles. The minimum Gasteiger partial charge on any atom is -0.339 e. The van der Waals surface area contributed by atoms with Crippen LogP contribution in [-0.4, -0.2) is 15.7 Å². The predicted molar refractivity (Wildman–Crippen MR) is 76.3 cm³/mol. The van der Waals surface area contributed by atoms with E-state index in [9.17, 15) is 0 Å². The van der Waals surface area contributed by atoms with Crippen LogP contribution in [-0.2, 0) is 6.42 Å². The van der Waals surface area contributed by atoms with Crippen LogP contribution in [0.4, 0.5) is 0 Å². The fraction of sp³-hybridized carbons (Fsp3) is 0.385. The van der Waals surface area contributed by atoms with E-state index in [2.05, 4.69) is 10.1 Å². The maximum Gasteiger partial charge on any atom is 0.227 e. The van der Waals surface area contributed by atoms with Crippen LogP contribution in [0.15, 0.2) is 22.7 Å². The highest BCUT2D eigenvalue weighted by molar-refractivity contribution is 6.42. The molecule has 4 nitrogen and oxygen atoms in total. The van der Waals surface area contributed by atoms with Gasteiger partial charge in [-0.2, -0.15) is 4.98 Å². The summed E-state index contributed by atoms with van der Waals surface area (Å²) in [5, 5.41) is 4.89. The molecular formula is C13H15Cl2N3O. The van der Waals surface area contributed by atoms with Crippen molar-refractivity contribution in [3.8, 4) is 11.4 Å². The van der Waals surface area contributed by atoms with Gasteiger partial charge in [-0.05, 0) is 38.5 Å². The summed E-state index contributed by atoms with van der Waals surface area (Å²) in [5.41, 5.74) is 6.44. The second kappa shape index (κ2) is 5.49. The van der Waals surface area contributed by atoms with Gasteiger partial charge in [-0.1, -0.05) is 28.4 Å². The third-order valence-corrected chi connectivity index (χ3v) is 3.37. The molecule has 0 radical (unpaired) electrons. The van der Waals surface area contributed by atoms with Gasteiger partial charge in [0.1, 0.15) is 0 Å². The first-order valence-electron chi connectivity index (χ1n) is 5.92. The standard InChI is InChI=1S/C13H15Cl2N3O/c1-13(2,16)6-5-11-17-12(18-19-11)8-3-4-9(14)10(15)7-8/h3-4,7H,5-6,16H2,1-2H3. The van der Waals surface area contributed by atoms with Crippen molar-refractivity contribution in [3.05, 3.63) is 34.1 Å². The van der Waals surface area contributed by atoms with E-state index in [-0.39, 0.29) is 5.54 Å². The lowest BCUT2D eigenvalue weighted by Crippen LogP contribution is -2.32. The van der Waals surface area contributed by atoms with E-state index in [1.54, 1.807) is 18.2 Å². The highest BCUT2D eigenvalue weighted by Crippen LogP contribution is 2.27. The Morgan fingerprint density at radius 2 is 2.00 bits per heavy atom. The van der Waals surface area contributed by atoms with Gasteiger partial charge in [-0.3, -0.25) is 0 Å². The predicted octanol–water partition coefficient (Wildman–Crippen LogP) is 3.71. The molecule has 1 aromatic heterocycles. The van der Waals surface area contributed by atoms with Crippen molar-refractivity contribution in [3.63, 3.8) is 0 Å². The van der Waals surface area contributed by atoms with Crippen molar-refractivity contribution in [2.24, 2.45) is 5.73 Å². The number of aryl methyl sites for hydroxylation is 1. The Morgan fingerprint density at radius 1 is 1.26 bits per heavy atom. The Morgan fingerprint density at radius 3 is 2.63 bits per heavy atom. The van der Waals surface area contributed by atoms with Crippen molar-refractivity contribution in [1.82, 2.24) is 10.1 Å². The maximum atomic E-state index is 5.96. The highest BCUT2D eigenvalue weighted by Gasteiger charge is 2.15. The summed E-state index contributed by atoms with van der Waals surface area (Å²) in [5.74, 6) is 1.07. The van der Waals surface area contributed by atoms with E-state index in [0.29, 0.717) is 28.2 Å². The zero-order valence-electron chi connectivity index (χ0n) is 10.8. The summed E-state index contributed by atoms with van der Waals surface area (Å²) in [4.78, 5) is 4.32. The first kappa shape index (κ1) is 14.3. The van der Waals surface area contributed by atoms with E-state index in [4.69, 9.17) is 33.5 Å². The van der Waals surface area contributed by atoms with Gasteiger partial charge in [0.05, 0.1) is 10.0 Å². The highest BCUT2D eigenvalue weighted by atomic mass is 35.5. The Labute approximate surface area is 121 Å². The largest absolute Gasteiger partial charge is 0.339 e. The van der Waals surface area contributed by atoms with Gasteiger partial charge >= 0.3 is 0 Å². The second-order valence-corrected chi connectivity index (χ2v) is 5.94. The maximum absolute atomic E-state index is 5.96. The number of halogens is 2. The van der Waals surface area contributed by atoms with Crippen LogP contribution in [0.2, 0.25) is 10.0 Å². The Balaban J connectivity index is 2.14. The summed E-state index contributed by atoms with van der Waals surface area (Å²) in [6, 6.07) is 5.22. The molecule has 2 rings (SSSR count). The van der Waals surface area contributed by atoms with E-state index in [1.807, 2.05) is 13.8 Å². The van der Waals surface area contributed by atoms with Crippen molar-refractivity contribution in [2.75, 3.05) is 0 Å². The van der Waals surface area contributed by atoms with Crippen LogP contribution in [0.5, 0.6) is 0 Å². The molecule has 1 heterocycles. The fourth-order valence-electron chi connectivity index (χ4n) is 1.54. The lowest BCUT2D eigenvalue weighted by molar-refractivity contribution is 0.358. The van der Waals surface area contributed by atoms with Crippen molar-refractivity contribution in [1.29, 1.82) is 0 Å². The number of aromatic nitrogens is 2. The summed E-state index contributed by atoms with van der Waals surface area (Å²) in [6.45, 7) is 3.92. The third-order valence-electron chi connectivity index (χ3n) is 2.63. The van der Waals surface area contributed by atoms with Gasteiger partial charge in [0.2, 0.25) is 11.7 Å². The minimum atomic E-state index is -0.252. The number of nitrogens with zero attached hydrogens (tertiary/aromatic N) is 2. The monoisotopic (exact) mass is 299 g/mol. The normalized spacial score (nSPS) is 11.8. The Hall–Kier alpha value is -1.10. The zero-order valence-corrected chi connectivity index (χ0v) is 12.3. The van der Waals surface area contributed by atoms with Crippen molar-refractivity contribution < 1.29 is 4.52 Å². The zero-order chi connectivity index (χ0) is 14.0. The molecule has 1 aromatic carbocycles. The third kappa shape index (κ3) is 3.93. The molecule has 2 N–H and O–H groups in total. The number of hydrogen-bond acceptors (Lipinski definition) is 4. The van der Waals surface area contributed by atoms with Crippen LogP contribution in [0, 0.1) is 0 Å². The molecular weight excluding hydrogens is 285 g/mol. The average Bonchev–Trinajstić information content (AvgIpc) is 2.78. The lowest BCUT2D eigenvalue weighted by atomic mass is 10.0. The molecule has 0 aliphatic heterocycles. The molecule has 0 bridgehead atoms.